The second-order valence-electron chi connectivity index (χ2n) is 18.1. The van der Waals surface area contributed by atoms with Crippen molar-refractivity contribution in [3.05, 3.63) is 29.8 Å². The van der Waals surface area contributed by atoms with Gasteiger partial charge in [-0.15, -0.1) is 0 Å². The van der Waals surface area contributed by atoms with Gasteiger partial charge in [-0.05, 0) is 43.6 Å². The van der Waals surface area contributed by atoms with Gasteiger partial charge >= 0.3 is 18.0 Å². The lowest BCUT2D eigenvalue weighted by Crippen LogP contribution is -2.36. The van der Waals surface area contributed by atoms with Crippen LogP contribution in [0.5, 0.6) is 5.75 Å². The molecular weight excluding hydrogens is 837 g/mol. The van der Waals surface area contributed by atoms with E-state index < -0.39 is 0 Å². The summed E-state index contributed by atoms with van der Waals surface area (Å²) < 4.78 is 16.8. The van der Waals surface area contributed by atoms with Crippen molar-refractivity contribution in [3.63, 3.8) is 0 Å². The number of rotatable bonds is 46. The van der Waals surface area contributed by atoms with Gasteiger partial charge in [-0.3, -0.25) is 9.59 Å². The molecule has 0 fully saturated rings. The topological polar surface area (TPSA) is 85.4 Å². The van der Waals surface area contributed by atoms with E-state index in [1.807, 2.05) is 12.1 Å². The Morgan fingerprint density at radius 2 is 0.906 bits per heavy atom. The highest BCUT2D eigenvalue weighted by atomic mass is 33.1. The van der Waals surface area contributed by atoms with E-state index in [0.29, 0.717) is 37.0 Å². The molecule has 0 atom stereocenters. The Kier molecular flexibility index (Phi) is 42.2. The Labute approximate surface area is 402 Å². The Morgan fingerprint density at radius 3 is 1.31 bits per heavy atom. The van der Waals surface area contributed by atoms with Crippen LogP contribution in [0.2, 0.25) is 0 Å². The SMILES string of the molecule is CCCCCCCCCCCCCCCCC(CCCCCCCCCCCCCCCC)C(=O)Oc1ccc(CC(=O)OCCSSCCOC(=O)N(C)CCN(CC)CC)cc1. The third-order valence-corrected chi connectivity index (χ3v) is 14.8. The molecule has 0 aliphatic heterocycles. The van der Waals surface area contributed by atoms with E-state index in [2.05, 4.69) is 32.6 Å². The summed E-state index contributed by atoms with van der Waals surface area (Å²) in [5.41, 5.74) is 0.831. The smallest absolute Gasteiger partial charge is 0.409 e. The number of amides is 1. The molecule has 0 saturated heterocycles. The first kappa shape index (κ1) is 60.1. The predicted molar refractivity (Wildman–Crippen MR) is 277 cm³/mol. The van der Waals surface area contributed by atoms with Gasteiger partial charge in [-0.1, -0.05) is 241 Å². The maximum Gasteiger partial charge on any atom is 0.409 e. The average Bonchev–Trinajstić information content (AvgIpc) is 3.30. The minimum atomic E-state index is -0.298. The molecule has 1 rings (SSSR count). The van der Waals surface area contributed by atoms with E-state index in [-0.39, 0.29) is 30.4 Å². The molecule has 372 valence electrons. The molecule has 8 nitrogen and oxygen atoms in total. The lowest BCUT2D eigenvalue weighted by atomic mass is 9.94. The molecule has 0 saturated carbocycles. The number of benzene rings is 1. The zero-order valence-corrected chi connectivity index (χ0v) is 43.8. The molecule has 0 aliphatic rings. The Morgan fingerprint density at radius 1 is 0.516 bits per heavy atom. The number of unbranched alkanes of at least 4 members (excludes halogenated alkanes) is 26. The van der Waals surface area contributed by atoms with Crippen molar-refractivity contribution >= 4 is 39.6 Å². The van der Waals surface area contributed by atoms with Gasteiger partial charge in [0.2, 0.25) is 0 Å². The quantitative estimate of drug-likeness (QED) is 0.0275. The number of hydrogen-bond acceptors (Lipinski definition) is 9. The third kappa shape index (κ3) is 36.2. The van der Waals surface area contributed by atoms with Gasteiger partial charge in [-0.2, -0.15) is 0 Å². The minimum absolute atomic E-state index is 0.0651. The van der Waals surface area contributed by atoms with Crippen LogP contribution in [0.25, 0.3) is 0 Å². The number of esters is 2. The van der Waals surface area contributed by atoms with E-state index in [9.17, 15) is 14.4 Å². The second kappa shape index (κ2) is 44.9. The van der Waals surface area contributed by atoms with Crippen LogP contribution in [0.15, 0.2) is 24.3 Å². The van der Waals surface area contributed by atoms with Crippen LogP contribution < -0.4 is 4.74 Å². The van der Waals surface area contributed by atoms with Gasteiger partial charge in [0, 0.05) is 31.6 Å². The third-order valence-electron chi connectivity index (χ3n) is 12.5. The lowest BCUT2D eigenvalue weighted by molar-refractivity contribution is -0.142. The predicted octanol–water partition coefficient (Wildman–Crippen LogP) is 15.8. The molecule has 0 aliphatic carbocycles. The summed E-state index contributed by atoms with van der Waals surface area (Å²) in [6.07, 6.45) is 39.0. The highest BCUT2D eigenvalue weighted by Crippen LogP contribution is 2.24. The van der Waals surface area contributed by atoms with Crippen molar-refractivity contribution in [1.29, 1.82) is 0 Å². The zero-order valence-electron chi connectivity index (χ0n) is 42.1. The van der Waals surface area contributed by atoms with Crippen molar-refractivity contribution in [2.45, 2.75) is 227 Å². The fraction of sp³-hybridized carbons (Fsp3) is 0.833. The molecule has 10 heteroatoms. The second-order valence-corrected chi connectivity index (χ2v) is 20.8. The first-order chi connectivity index (χ1) is 31.3. The number of carbonyl (C=O) groups excluding carboxylic acids is 3. The fourth-order valence-corrected chi connectivity index (χ4v) is 9.80. The van der Waals surface area contributed by atoms with Gasteiger partial charge < -0.3 is 24.0 Å². The van der Waals surface area contributed by atoms with Crippen LogP contribution in [0, 0.1) is 5.92 Å². The number of nitrogens with zero attached hydrogens (tertiary/aromatic N) is 2. The summed E-state index contributed by atoms with van der Waals surface area (Å²) in [7, 11) is 4.97. The van der Waals surface area contributed by atoms with E-state index in [0.717, 1.165) is 50.9 Å². The number of hydrogen-bond donors (Lipinski definition) is 0. The number of ether oxygens (including phenoxy) is 3. The first-order valence-corrected chi connectivity index (χ1v) is 29.1. The van der Waals surface area contributed by atoms with Crippen molar-refractivity contribution in [3.8, 4) is 5.75 Å². The van der Waals surface area contributed by atoms with Gasteiger partial charge in [0.25, 0.3) is 0 Å². The van der Waals surface area contributed by atoms with Gasteiger partial charge in [0.05, 0.1) is 12.3 Å². The molecule has 1 amide bonds. The molecule has 64 heavy (non-hydrogen) atoms. The molecule has 0 bridgehead atoms. The first-order valence-electron chi connectivity index (χ1n) is 26.6. The number of likely N-dealkylation sites (N-methyl/N-ethyl adjacent to an activating group) is 2. The maximum absolute atomic E-state index is 13.5. The summed E-state index contributed by atoms with van der Waals surface area (Å²) in [4.78, 5) is 42.2. The van der Waals surface area contributed by atoms with E-state index in [1.165, 1.54) is 167 Å². The summed E-state index contributed by atoms with van der Waals surface area (Å²) in [6, 6.07) is 7.32. The number of carbonyl (C=O) groups is 3. The summed E-state index contributed by atoms with van der Waals surface area (Å²) in [5.74, 6) is 1.42. The largest absolute Gasteiger partial charge is 0.465 e. The fourth-order valence-electron chi connectivity index (χ4n) is 8.15. The van der Waals surface area contributed by atoms with Crippen molar-refractivity contribution < 1.29 is 28.6 Å². The van der Waals surface area contributed by atoms with Crippen LogP contribution >= 0.6 is 21.6 Å². The molecule has 0 radical (unpaired) electrons. The van der Waals surface area contributed by atoms with E-state index >= 15 is 0 Å². The zero-order chi connectivity index (χ0) is 46.6. The molecule has 0 aromatic heterocycles. The Balaban J connectivity index is 2.38. The molecule has 0 heterocycles. The standard InChI is InChI=1S/C54H98N2O6S2/c1-6-10-12-14-16-18-20-22-24-26-28-30-32-34-36-50(37-35-33-31-29-27-25-23-21-19-17-15-13-11-7-2)53(58)62-51-40-38-49(39-41-51)48-52(57)60-44-46-63-64-47-45-61-54(59)55(5)42-43-56(8-3)9-4/h38-41,50H,6-37,42-48H2,1-5H3. The van der Waals surface area contributed by atoms with Crippen LogP contribution in [-0.2, 0) is 25.5 Å². The maximum atomic E-state index is 13.5. The summed E-state index contributed by atoms with van der Waals surface area (Å²) in [5, 5.41) is 0. The minimum Gasteiger partial charge on any atom is -0.465 e. The van der Waals surface area contributed by atoms with Gasteiger partial charge in [0.1, 0.15) is 19.0 Å². The van der Waals surface area contributed by atoms with E-state index in [1.54, 1.807) is 45.7 Å². The molecular formula is C54H98N2O6S2. The van der Waals surface area contributed by atoms with Crippen LogP contribution in [0.3, 0.4) is 0 Å². The van der Waals surface area contributed by atoms with E-state index in [4.69, 9.17) is 14.2 Å². The molecule has 1 aromatic carbocycles. The Hall–Kier alpha value is -1.91. The van der Waals surface area contributed by atoms with Gasteiger partial charge in [-0.25, -0.2) is 4.79 Å². The Bertz CT molecular complexity index is 1180. The summed E-state index contributed by atoms with van der Waals surface area (Å²) >= 11 is 0. The average molecular weight is 936 g/mol. The van der Waals surface area contributed by atoms with Crippen LogP contribution in [0.1, 0.15) is 226 Å². The monoisotopic (exact) mass is 935 g/mol. The highest BCUT2D eigenvalue weighted by molar-refractivity contribution is 8.76. The van der Waals surface area contributed by atoms with Crippen molar-refractivity contribution in [2.24, 2.45) is 5.92 Å². The van der Waals surface area contributed by atoms with Crippen LogP contribution in [0.4, 0.5) is 4.79 Å². The van der Waals surface area contributed by atoms with Gasteiger partial charge in [0.15, 0.2) is 0 Å². The molecule has 0 unspecified atom stereocenters. The van der Waals surface area contributed by atoms with Crippen molar-refractivity contribution in [1.82, 2.24) is 9.80 Å². The van der Waals surface area contributed by atoms with Crippen molar-refractivity contribution in [2.75, 3.05) is 57.9 Å². The molecule has 0 spiro atoms. The molecule has 0 N–H and O–H groups in total. The lowest BCUT2D eigenvalue weighted by Gasteiger charge is -2.22. The normalized spacial score (nSPS) is 11.4. The molecule has 1 aromatic rings. The highest BCUT2D eigenvalue weighted by Gasteiger charge is 2.20. The summed E-state index contributed by atoms with van der Waals surface area (Å²) in [6.45, 7) is 12.9. The van der Waals surface area contributed by atoms with Crippen LogP contribution in [-0.4, -0.2) is 85.8 Å².